The van der Waals surface area contributed by atoms with Crippen molar-refractivity contribution in [1.82, 2.24) is 0 Å². The van der Waals surface area contributed by atoms with Gasteiger partial charge in [0.1, 0.15) is 0 Å². The van der Waals surface area contributed by atoms with Gasteiger partial charge < -0.3 is 10.2 Å². The van der Waals surface area contributed by atoms with Gasteiger partial charge in [-0.1, -0.05) is 77.7 Å². The van der Waals surface area contributed by atoms with E-state index in [0.29, 0.717) is 10.8 Å². The van der Waals surface area contributed by atoms with Crippen molar-refractivity contribution < 1.29 is 10.2 Å². The highest BCUT2D eigenvalue weighted by atomic mass is 16.3. The molecule has 0 aromatic heterocycles. The third-order valence-electron chi connectivity index (χ3n) is 9.00. The van der Waals surface area contributed by atoms with Crippen LogP contribution in [0.3, 0.4) is 0 Å². The Kier molecular flexibility index (Phi) is 7.61. The van der Waals surface area contributed by atoms with Gasteiger partial charge in [-0.05, 0) is 80.0 Å². The van der Waals surface area contributed by atoms with Crippen molar-refractivity contribution >= 4 is 0 Å². The van der Waals surface area contributed by atoms with Gasteiger partial charge >= 0.3 is 0 Å². The van der Waals surface area contributed by atoms with E-state index in [4.69, 9.17) is 0 Å². The molecule has 0 bridgehead atoms. The molecule has 30 heavy (non-hydrogen) atoms. The Labute approximate surface area is 186 Å². The molecule has 2 heteroatoms. The zero-order valence-electron chi connectivity index (χ0n) is 20.6. The molecule has 6 unspecified atom stereocenters. The lowest BCUT2D eigenvalue weighted by Gasteiger charge is -2.44. The van der Waals surface area contributed by atoms with Crippen LogP contribution < -0.4 is 0 Å². The summed E-state index contributed by atoms with van der Waals surface area (Å²) in [7, 11) is 0. The number of aliphatic hydroxyl groups is 2. The maximum Gasteiger partial charge on any atom is 0.0627 e. The Balaban J connectivity index is 1.67. The van der Waals surface area contributed by atoms with Crippen LogP contribution in [0.1, 0.15) is 106 Å². The summed E-state index contributed by atoms with van der Waals surface area (Å²) >= 11 is 0. The number of aliphatic hydroxyl groups excluding tert-OH is 2. The average Bonchev–Trinajstić information content (AvgIpc) is 3.00. The molecule has 0 aromatic rings. The standard InChI is InChI=1S/C28H48O2/c1-19(9-7-15-27(3,4)5)23-13-14-24-22(10-8-16-28(23,24)6)12-11-21-17-25(29)20(2)26(30)18-21/h11-12,19-20,23-26,29-30H,7-10,13-18H2,1-6H3/b21-11?,22-12+. The van der Waals surface area contributed by atoms with Gasteiger partial charge in [-0.25, -0.2) is 0 Å². The van der Waals surface area contributed by atoms with Crippen molar-refractivity contribution in [2.24, 2.45) is 34.5 Å². The first kappa shape index (κ1) is 24.1. The van der Waals surface area contributed by atoms with E-state index in [1.807, 2.05) is 6.92 Å². The van der Waals surface area contributed by atoms with Crippen LogP contribution in [-0.4, -0.2) is 22.4 Å². The highest BCUT2D eigenvalue weighted by Crippen LogP contribution is 2.60. The van der Waals surface area contributed by atoms with Gasteiger partial charge in [0, 0.05) is 5.92 Å². The summed E-state index contributed by atoms with van der Waals surface area (Å²) in [6, 6.07) is 0. The van der Waals surface area contributed by atoms with Gasteiger partial charge in [-0.3, -0.25) is 0 Å². The van der Waals surface area contributed by atoms with Gasteiger partial charge in [-0.2, -0.15) is 0 Å². The molecular weight excluding hydrogens is 368 g/mol. The third-order valence-corrected chi connectivity index (χ3v) is 9.00. The average molecular weight is 417 g/mol. The van der Waals surface area contributed by atoms with Crippen molar-refractivity contribution in [3.8, 4) is 0 Å². The maximum atomic E-state index is 10.2. The van der Waals surface area contributed by atoms with Crippen molar-refractivity contribution in [2.45, 2.75) is 118 Å². The van der Waals surface area contributed by atoms with Gasteiger partial charge in [0.2, 0.25) is 0 Å². The maximum absolute atomic E-state index is 10.2. The molecule has 3 fully saturated rings. The van der Waals surface area contributed by atoms with E-state index in [9.17, 15) is 10.2 Å². The molecule has 6 atom stereocenters. The van der Waals surface area contributed by atoms with Crippen molar-refractivity contribution in [2.75, 3.05) is 0 Å². The Morgan fingerprint density at radius 1 is 1.10 bits per heavy atom. The first-order valence-electron chi connectivity index (χ1n) is 12.8. The van der Waals surface area contributed by atoms with Crippen LogP contribution in [0.5, 0.6) is 0 Å². The lowest BCUT2D eigenvalue weighted by molar-refractivity contribution is 0.00407. The molecular formula is C28H48O2. The number of hydrogen-bond donors (Lipinski definition) is 2. The first-order chi connectivity index (χ1) is 14.0. The summed E-state index contributed by atoms with van der Waals surface area (Å²) in [6.45, 7) is 14.2. The minimum absolute atomic E-state index is 0.0110. The van der Waals surface area contributed by atoms with E-state index in [1.54, 1.807) is 5.57 Å². The summed E-state index contributed by atoms with van der Waals surface area (Å²) in [6.07, 6.45) is 16.0. The molecule has 2 N–H and O–H groups in total. The molecule has 3 rings (SSSR count). The van der Waals surface area contributed by atoms with E-state index in [-0.39, 0.29) is 5.92 Å². The van der Waals surface area contributed by atoms with E-state index in [1.165, 1.54) is 56.9 Å². The number of hydrogen-bond acceptors (Lipinski definition) is 2. The SMILES string of the molecule is CC(CCCC(C)(C)C)C1CCC2/C(=C/C=C3CC(O)C(C)C(O)C3)CCCC21C. The van der Waals surface area contributed by atoms with Crippen LogP contribution in [0.25, 0.3) is 0 Å². The van der Waals surface area contributed by atoms with E-state index >= 15 is 0 Å². The molecule has 0 aliphatic heterocycles. The Bertz CT molecular complexity index is 626. The topological polar surface area (TPSA) is 40.5 Å². The third kappa shape index (κ3) is 5.41. The van der Waals surface area contributed by atoms with E-state index in [2.05, 4.69) is 46.8 Å². The van der Waals surface area contributed by atoms with Crippen molar-refractivity contribution in [1.29, 1.82) is 0 Å². The molecule has 0 amide bonds. The second-order valence-electron chi connectivity index (χ2n) is 12.5. The molecule has 0 heterocycles. The minimum atomic E-state index is -0.403. The molecule has 3 aliphatic carbocycles. The van der Waals surface area contributed by atoms with Gasteiger partial charge in [-0.15, -0.1) is 0 Å². The summed E-state index contributed by atoms with van der Waals surface area (Å²) in [5, 5.41) is 20.5. The van der Waals surface area contributed by atoms with Crippen LogP contribution >= 0.6 is 0 Å². The predicted molar refractivity (Wildman–Crippen MR) is 127 cm³/mol. The quantitative estimate of drug-likeness (QED) is 0.503. The lowest BCUT2D eigenvalue weighted by atomic mass is 9.60. The molecule has 172 valence electrons. The fourth-order valence-electron chi connectivity index (χ4n) is 6.98. The van der Waals surface area contributed by atoms with Crippen LogP contribution in [0.15, 0.2) is 23.3 Å². The number of rotatable bonds is 5. The fourth-order valence-corrected chi connectivity index (χ4v) is 6.98. The van der Waals surface area contributed by atoms with E-state index in [0.717, 1.165) is 30.6 Å². The van der Waals surface area contributed by atoms with Gasteiger partial charge in [0.25, 0.3) is 0 Å². The zero-order chi connectivity index (χ0) is 22.1. The molecule has 0 spiro atoms. The molecule has 3 saturated carbocycles. The fraction of sp³-hybridized carbons (Fsp3) is 0.857. The molecule has 0 aromatic carbocycles. The zero-order valence-corrected chi connectivity index (χ0v) is 20.6. The number of fused-ring (bicyclic) bond motifs is 1. The normalized spacial score (nSPS) is 39.8. The molecule has 3 aliphatic rings. The largest absolute Gasteiger partial charge is 0.392 e. The van der Waals surface area contributed by atoms with Gasteiger partial charge in [0.05, 0.1) is 12.2 Å². The monoisotopic (exact) mass is 416 g/mol. The second kappa shape index (κ2) is 9.49. The Morgan fingerprint density at radius 3 is 2.40 bits per heavy atom. The lowest BCUT2D eigenvalue weighted by Crippen LogP contribution is -2.36. The van der Waals surface area contributed by atoms with Gasteiger partial charge in [0.15, 0.2) is 0 Å². The summed E-state index contributed by atoms with van der Waals surface area (Å²) in [4.78, 5) is 0. The smallest absolute Gasteiger partial charge is 0.0627 e. The van der Waals surface area contributed by atoms with Crippen LogP contribution in [0.2, 0.25) is 0 Å². The number of allylic oxidation sites excluding steroid dienone is 3. The summed E-state index contributed by atoms with van der Waals surface area (Å²) < 4.78 is 0. The van der Waals surface area contributed by atoms with E-state index < -0.39 is 12.2 Å². The molecule has 0 radical (unpaired) electrons. The van der Waals surface area contributed by atoms with Crippen molar-refractivity contribution in [3.63, 3.8) is 0 Å². The summed E-state index contributed by atoms with van der Waals surface area (Å²) in [5.74, 6) is 2.40. The molecule has 2 nitrogen and oxygen atoms in total. The predicted octanol–water partition coefficient (Wildman–Crippen LogP) is 7.06. The van der Waals surface area contributed by atoms with Crippen LogP contribution in [0.4, 0.5) is 0 Å². The highest BCUT2D eigenvalue weighted by molar-refractivity contribution is 5.26. The first-order valence-corrected chi connectivity index (χ1v) is 12.8. The minimum Gasteiger partial charge on any atom is -0.392 e. The Hall–Kier alpha value is -0.600. The van der Waals surface area contributed by atoms with Crippen molar-refractivity contribution in [3.05, 3.63) is 23.3 Å². The highest BCUT2D eigenvalue weighted by Gasteiger charge is 2.50. The Morgan fingerprint density at radius 2 is 1.77 bits per heavy atom. The summed E-state index contributed by atoms with van der Waals surface area (Å²) in [5.41, 5.74) is 3.78. The van der Waals surface area contributed by atoms with Crippen LogP contribution in [0, 0.1) is 34.5 Å². The van der Waals surface area contributed by atoms with Crippen LogP contribution in [-0.2, 0) is 0 Å². The second-order valence-corrected chi connectivity index (χ2v) is 12.5. The molecule has 0 saturated heterocycles.